The Balaban J connectivity index is 1.82. The molecule has 37 heavy (non-hydrogen) atoms. The summed E-state index contributed by atoms with van der Waals surface area (Å²) in [5.74, 6) is 2.51. The third-order valence-electron chi connectivity index (χ3n) is 8.80. The Morgan fingerprint density at radius 2 is 0.865 bits per heavy atom. The first-order valence-corrected chi connectivity index (χ1v) is 14.0. The second-order valence-electron chi connectivity index (χ2n) is 12.6. The van der Waals surface area contributed by atoms with Crippen molar-refractivity contribution in [3.8, 4) is 0 Å². The van der Waals surface area contributed by atoms with Crippen molar-refractivity contribution < 1.29 is 9.47 Å². The van der Waals surface area contributed by atoms with E-state index in [2.05, 4.69) is 130 Å². The van der Waals surface area contributed by atoms with Crippen molar-refractivity contribution in [2.75, 3.05) is 0 Å². The summed E-state index contributed by atoms with van der Waals surface area (Å²) in [6.45, 7) is 22.3. The molecule has 2 aromatic rings. The molecule has 0 N–H and O–H groups in total. The van der Waals surface area contributed by atoms with E-state index in [1.54, 1.807) is 0 Å². The smallest absolute Gasteiger partial charge is 0.200 e. The molecule has 0 radical (unpaired) electrons. The van der Waals surface area contributed by atoms with E-state index in [1.165, 1.54) is 11.1 Å². The van der Waals surface area contributed by atoms with Crippen molar-refractivity contribution in [2.45, 2.75) is 92.5 Å². The largest absolute Gasteiger partial charge is 0.470 e. The van der Waals surface area contributed by atoms with E-state index in [0.29, 0.717) is 0 Å². The fraction of sp³-hybridized carbons (Fsp3) is 0.576. The van der Waals surface area contributed by atoms with Crippen molar-refractivity contribution in [1.82, 2.24) is 0 Å². The fourth-order valence-corrected chi connectivity index (χ4v) is 6.61. The summed E-state index contributed by atoms with van der Waals surface area (Å²) in [4.78, 5) is 10.7. The third-order valence-corrected chi connectivity index (χ3v) is 8.80. The highest BCUT2D eigenvalue weighted by Gasteiger charge is 2.59. The summed E-state index contributed by atoms with van der Waals surface area (Å²) < 4.78 is 14.1. The predicted molar refractivity (Wildman–Crippen MR) is 154 cm³/mol. The van der Waals surface area contributed by atoms with Gasteiger partial charge in [0.15, 0.2) is 11.8 Å². The Morgan fingerprint density at radius 1 is 0.568 bits per heavy atom. The maximum absolute atomic E-state index is 7.04. The summed E-state index contributed by atoms with van der Waals surface area (Å²) in [5.41, 5.74) is 0.867. The minimum Gasteiger partial charge on any atom is -0.470 e. The van der Waals surface area contributed by atoms with Crippen molar-refractivity contribution in [3.63, 3.8) is 0 Å². The second-order valence-corrected chi connectivity index (χ2v) is 12.6. The molecule has 0 unspecified atom stereocenters. The van der Waals surface area contributed by atoms with Gasteiger partial charge in [0.1, 0.15) is 28.7 Å². The van der Waals surface area contributed by atoms with Crippen molar-refractivity contribution >= 4 is 11.8 Å². The summed E-state index contributed by atoms with van der Waals surface area (Å²) in [7, 11) is 0. The molecule has 0 amide bonds. The summed E-state index contributed by atoms with van der Waals surface area (Å²) in [6, 6.07) is 21.0. The number of ether oxygens (including phenoxy) is 2. The normalized spacial score (nSPS) is 22.9. The Morgan fingerprint density at radius 3 is 1.14 bits per heavy atom. The van der Waals surface area contributed by atoms with Crippen molar-refractivity contribution in [1.29, 1.82) is 0 Å². The predicted octanol–water partition coefficient (Wildman–Crippen LogP) is 8.45. The second kappa shape index (κ2) is 9.93. The lowest BCUT2D eigenvalue weighted by Crippen LogP contribution is -2.49. The molecule has 0 spiro atoms. The van der Waals surface area contributed by atoms with Crippen molar-refractivity contribution in [2.24, 2.45) is 39.1 Å². The quantitative estimate of drug-likeness (QED) is 0.363. The van der Waals surface area contributed by atoms with Gasteiger partial charge in [0.2, 0.25) is 0 Å². The number of hydrogen-bond donors (Lipinski definition) is 0. The molecule has 2 atom stereocenters. The van der Waals surface area contributed by atoms with Gasteiger partial charge >= 0.3 is 0 Å². The van der Waals surface area contributed by atoms with Gasteiger partial charge in [-0.1, -0.05) is 116 Å². The van der Waals surface area contributed by atoms with Crippen LogP contribution in [0.15, 0.2) is 70.6 Å². The lowest BCUT2D eigenvalue weighted by Gasteiger charge is -2.43. The Hall–Kier alpha value is -2.62. The molecule has 2 aliphatic rings. The first kappa shape index (κ1) is 27.4. The Kier molecular flexibility index (Phi) is 7.35. The van der Waals surface area contributed by atoms with Gasteiger partial charge in [-0.3, -0.25) is 0 Å². The minimum absolute atomic E-state index is 0.0881. The zero-order chi connectivity index (χ0) is 27.2. The highest BCUT2D eigenvalue weighted by molar-refractivity contribution is 6.06. The van der Waals surface area contributed by atoms with E-state index < -0.39 is 16.6 Å². The summed E-state index contributed by atoms with van der Waals surface area (Å²) in [6.07, 6.45) is 0. The monoisotopic (exact) mass is 502 g/mol. The van der Waals surface area contributed by atoms with Gasteiger partial charge in [0.05, 0.1) is 0 Å². The van der Waals surface area contributed by atoms with Crippen LogP contribution in [-0.4, -0.2) is 23.0 Å². The first-order valence-electron chi connectivity index (χ1n) is 14.0. The topological polar surface area (TPSA) is 43.2 Å². The Labute approximate surface area is 224 Å². The van der Waals surface area contributed by atoms with Crippen LogP contribution in [0.3, 0.4) is 0 Å². The average molecular weight is 503 g/mol. The van der Waals surface area contributed by atoms with Crippen LogP contribution in [0.25, 0.3) is 0 Å². The van der Waals surface area contributed by atoms with E-state index >= 15 is 0 Å². The van der Waals surface area contributed by atoms with E-state index in [4.69, 9.17) is 19.5 Å². The number of rotatable bonds is 8. The van der Waals surface area contributed by atoms with Gasteiger partial charge in [0.25, 0.3) is 0 Å². The van der Waals surface area contributed by atoms with Gasteiger partial charge in [-0.2, -0.15) is 0 Å². The molecule has 4 rings (SSSR count). The molecule has 2 heterocycles. The molecule has 0 saturated heterocycles. The van der Waals surface area contributed by atoms with Gasteiger partial charge in [-0.05, 0) is 48.6 Å². The molecular weight excluding hydrogens is 456 g/mol. The van der Waals surface area contributed by atoms with Crippen LogP contribution in [0.4, 0.5) is 0 Å². The molecule has 4 heteroatoms. The fourth-order valence-electron chi connectivity index (χ4n) is 6.61. The summed E-state index contributed by atoms with van der Waals surface area (Å²) >= 11 is 0. The summed E-state index contributed by atoms with van der Waals surface area (Å²) in [5, 5.41) is 0. The van der Waals surface area contributed by atoms with E-state index in [1.807, 2.05) is 0 Å². The highest BCUT2D eigenvalue weighted by Crippen LogP contribution is 2.53. The molecule has 0 saturated carbocycles. The molecule has 2 aromatic carbocycles. The van der Waals surface area contributed by atoms with Gasteiger partial charge in [-0.15, -0.1) is 0 Å². The van der Waals surface area contributed by atoms with E-state index in [9.17, 15) is 0 Å². The zero-order valence-electron chi connectivity index (χ0n) is 24.4. The van der Waals surface area contributed by atoms with Crippen LogP contribution in [0, 0.1) is 29.1 Å². The maximum atomic E-state index is 7.04. The van der Waals surface area contributed by atoms with Gasteiger partial charge < -0.3 is 9.47 Å². The number of aliphatic imine (C=N–C) groups is 2. The molecule has 0 aliphatic carbocycles. The van der Waals surface area contributed by atoms with E-state index in [0.717, 1.165) is 11.8 Å². The molecule has 0 bridgehead atoms. The maximum Gasteiger partial charge on any atom is 0.200 e. The van der Waals surface area contributed by atoms with Gasteiger partial charge in [0, 0.05) is 0 Å². The minimum atomic E-state index is -0.614. The zero-order valence-corrected chi connectivity index (χ0v) is 24.4. The average Bonchev–Trinajstić information content (AvgIpc) is 3.48. The number of nitrogens with zero attached hydrogens (tertiary/aromatic N) is 2. The molecule has 0 fully saturated rings. The molecule has 200 valence electrons. The first-order chi connectivity index (χ1) is 17.4. The Bertz CT molecular complexity index is 1020. The van der Waals surface area contributed by atoms with Crippen LogP contribution in [0.5, 0.6) is 0 Å². The van der Waals surface area contributed by atoms with Crippen LogP contribution in [0.2, 0.25) is 0 Å². The molecule has 0 aromatic heterocycles. The third kappa shape index (κ3) is 4.30. The molecular formula is C33H46N2O2. The van der Waals surface area contributed by atoms with Crippen LogP contribution < -0.4 is 0 Å². The number of hydrogen-bond acceptors (Lipinski definition) is 4. The van der Waals surface area contributed by atoms with E-state index in [-0.39, 0.29) is 35.8 Å². The SMILES string of the molecule is CC(C)C1(C(C)C)OC(C(C)(C)C2=N[C@H](c3ccccc3)C(C(C)C)(C(C)C)O2)=N[C@@H]1c1ccccc1. The standard InChI is InChI=1S/C33H46N2O2/c1-21(2)32(22(3)4)27(25-17-13-11-14-18-25)34-29(36-32)31(9,10)30-35-28(26-19-15-12-16-20-26)33(37-30,23(5)6)24(7)8/h11-24,27-28H,1-10H3/t27-,28-/m1/s1. The highest BCUT2D eigenvalue weighted by atomic mass is 16.5. The number of benzene rings is 2. The van der Waals surface area contributed by atoms with Crippen LogP contribution in [-0.2, 0) is 9.47 Å². The molecule has 4 nitrogen and oxygen atoms in total. The lowest BCUT2D eigenvalue weighted by molar-refractivity contribution is -0.0473. The lowest BCUT2D eigenvalue weighted by atomic mass is 9.73. The molecule has 2 aliphatic heterocycles. The van der Waals surface area contributed by atoms with Crippen LogP contribution in [0.1, 0.15) is 92.4 Å². The van der Waals surface area contributed by atoms with Gasteiger partial charge in [-0.25, -0.2) is 9.98 Å². The van der Waals surface area contributed by atoms with Crippen LogP contribution >= 0.6 is 0 Å². The van der Waals surface area contributed by atoms with Crippen molar-refractivity contribution in [3.05, 3.63) is 71.8 Å².